The molecule has 8 heteroatoms. The molecule has 4 rings (SSSR count). The molecule has 2 aromatic rings. The molecule has 182 valence electrons. The van der Waals surface area contributed by atoms with Crippen LogP contribution in [0.2, 0.25) is 0 Å². The van der Waals surface area contributed by atoms with Crippen LogP contribution < -0.4 is 5.73 Å². The summed E-state index contributed by atoms with van der Waals surface area (Å²) in [5.41, 5.74) is 8.75. The number of hydrogen-bond donors (Lipinski definition) is 1. The van der Waals surface area contributed by atoms with Crippen LogP contribution in [0.1, 0.15) is 50.3 Å². The normalized spacial score (nSPS) is 18.7. The zero-order valence-electron chi connectivity index (χ0n) is 20.1. The fourth-order valence-electron chi connectivity index (χ4n) is 4.87. The molecule has 2 aliphatic rings. The maximum Gasteiger partial charge on any atom is 0.225 e. The average molecular weight is 465 g/mol. The van der Waals surface area contributed by atoms with Gasteiger partial charge in [-0.15, -0.1) is 0 Å². The van der Waals surface area contributed by atoms with Gasteiger partial charge in [0.15, 0.2) is 0 Å². The lowest BCUT2D eigenvalue weighted by molar-refractivity contribution is -0.138. The Morgan fingerprint density at radius 3 is 2.50 bits per heavy atom. The summed E-state index contributed by atoms with van der Waals surface area (Å²) in [5.74, 6) is 1.24. The number of nitrogen functional groups attached to an aromatic ring is 1. The molecule has 0 saturated carbocycles. The van der Waals surface area contributed by atoms with Gasteiger partial charge < -0.3 is 15.5 Å². The zero-order valence-corrected chi connectivity index (χ0v) is 20.1. The van der Waals surface area contributed by atoms with Crippen molar-refractivity contribution in [1.82, 2.24) is 19.8 Å². The summed E-state index contributed by atoms with van der Waals surface area (Å²) in [7, 11) is 0. The quantitative estimate of drug-likeness (QED) is 0.366. The van der Waals surface area contributed by atoms with Crippen molar-refractivity contribution in [3.63, 3.8) is 0 Å². The van der Waals surface area contributed by atoms with E-state index >= 15 is 0 Å². The predicted octanol–water partition coefficient (Wildman–Crippen LogP) is 3.34. The Morgan fingerprint density at radius 2 is 1.82 bits per heavy atom. The molecule has 2 N–H and O–H groups in total. The molecule has 0 unspecified atom stereocenters. The van der Waals surface area contributed by atoms with Gasteiger partial charge >= 0.3 is 0 Å². The highest BCUT2D eigenvalue weighted by Crippen LogP contribution is 2.26. The number of aromatic nitrogens is 2. The van der Waals surface area contributed by atoms with E-state index in [1.54, 1.807) is 12.4 Å². The minimum absolute atomic E-state index is 0.118. The summed E-state index contributed by atoms with van der Waals surface area (Å²) in [6, 6.07) is 9.81. The van der Waals surface area contributed by atoms with E-state index in [1.807, 2.05) is 30.3 Å². The molecular weight excluding hydrogens is 428 g/mol. The SMILES string of the molecule is CCCO/N=C(\c1ccccn1)C1CCN(C(=O)C2CCN(Cc3ccnc(N)c3)CC2)CC1. The Balaban J connectivity index is 1.28. The van der Waals surface area contributed by atoms with Crippen molar-refractivity contribution < 1.29 is 9.63 Å². The lowest BCUT2D eigenvalue weighted by Crippen LogP contribution is -2.46. The van der Waals surface area contributed by atoms with Crippen molar-refractivity contribution in [2.45, 2.75) is 45.6 Å². The Bertz CT molecular complexity index is 951. The highest BCUT2D eigenvalue weighted by atomic mass is 16.6. The molecule has 4 heterocycles. The first kappa shape index (κ1) is 24.1. The number of piperidine rings is 2. The zero-order chi connectivity index (χ0) is 23.8. The maximum absolute atomic E-state index is 13.2. The van der Waals surface area contributed by atoms with E-state index in [-0.39, 0.29) is 11.8 Å². The number of likely N-dealkylation sites (tertiary alicyclic amines) is 2. The van der Waals surface area contributed by atoms with Gasteiger partial charge in [-0.1, -0.05) is 18.1 Å². The highest BCUT2D eigenvalue weighted by molar-refractivity contribution is 6.00. The second kappa shape index (κ2) is 11.9. The number of amides is 1. The molecule has 2 fully saturated rings. The number of anilines is 1. The first-order valence-corrected chi connectivity index (χ1v) is 12.5. The largest absolute Gasteiger partial charge is 0.396 e. The van der Waals surface area contributed by atoms with Crippen LogP contribution >= 0.6 is 0 Å². The van der Waals surface area contributed by atoms with E-state index in [4.69, 9.17) is 10.6 Å². The highest BCUT2D eigenvalue weighted by Gasteiger charge is 2.32. The number of carbonyl (C=O) groups is 1. The topological polar surface area (TPSA) is 96.9 Å². The van der Waals surface area contributed by atoms with E-state index in [0.717, 1.165) is 76.2 Å². The molecular formula is C26H36N6O2. The van der Waals surface area contributed by atoms with Crippen LogP contribution in [0.3, 0.4) is 0 Å². The lowest BCUT2D eigenvalue weighted by atomic mass is 9.88. The summed E-state index contributed by atoms with van der Waals surface area (Å²) in [6.07, 6.45) is 8.05. The van der Waals surface area contributed by atoms with Gasteiger partial charge in [-0.05, 0) is 75.0 Å². The maximum atomic E-state index is 13.2. The molecule has 1 amide bonds. The van der Waals surface area contributed by atoms with Crippen molar-refractivity contribution in [1.29, 1.82) is 0 Å². The van der Waals surface area contributed by atoms with Crippen LogP contribution in [0.25, 0.3) is 0 Å². The molecule has 8 nitrogen and oxygen atoms in total. The number of oxime groups is 1. The molecule has 0 atom stereocenters. The molecule has 0 radical (unpaired) electrons. The summed E-state index contributed by atoms with van der Waals surface area (Å²) in [6.45, 7) is 6.91. The van der Waals surface area contributed by atoms with Crippen molar-refractivity contribution in [3.8, 4) is 0 Å². The molecule has 0 bridgehead atoms. The van der Waals surface area contributed by atoms with Crippen LogP contribution in [0.15, 0.2) is 47.9 Å². The van der Waals surface area contributed by atoms with Crippen molar-refractivity contribution in [2.24, 2.45) is 17.0 Å². The number of nitrogens with zero attached hydrogens (tertiary/aromatic N) is 5. The van der Waals surface area contributed by atoms with Crippen molar-refractivity contribution >= 4 is 17.4 Å². The lowest BCUT2D eigenvalue weighted by Gasteiger charge is -2.37. The molecule has 2 aromatic heterocycles. The number of pyridine rings is 2. The van der Waals surface area contributed by atoms with Crippen molar-refractivity contribution in [3.05, 3.63) is 54.0 Å². The molecule has 34 heavy (non-hydrogen) atoms. The second-order valence-corrected chi connectivity index (χ2v) is 9.26. The number of nitrogens with two attached hydrogens (primary N) is 1. The fraction of sp³-hybridized carbons (Fsp3) is 0.538. The Kier molecular flexibility index (Phi) is 8.46. The molecule has 0 aromatic carbocycles. The van der Waals surface area contributed by atoms with Gasteiger partial charge in [0.05, 0.1) is 5.69 Å². The molecule has 2 saturated heterocycles. The minimum atomic E-state index is 0.118. The third-order valence-corrected chi connectivity index (χ3v) is 6.77. The summed E-state index contributed by atoms with van der Waals surface area (Å²) in [5, 5.41) is 4.45. The summed E-state index contributed by atoms with van der Waals surface area (Å²) < 4.78 is 0. The number of rotatable bonds is 8. The van der Waals surface area contributed by atoms with Crippen LogP contribution in [0.5, 0.6) is 0 Å². The van der Waals surface area contributed by atoms with E-state index in [1.165, 1.54) is 5.56 Å². The van der Waals surface area contributed by atoms with Gasteiger partial charge in [0.1, 0.15) is 18.1 Å². The number of hydrogen-bond acceptors (Lipinski definition) is 7. The Hall–Kier alpha value is -3.00. The van der Waals surface area contributed by atoms with Gasteiger partial charge in [-0.3, -0.25) is 14.7 Å². The Morgan fingerprint density at radius 1 is 1.06 bits per heavy atom. The van der Waals surface area contributed by atoms with E-state index in [0.29, 0.717) is 18.3 Å². The van der Waals surface area contributed by atoms with Crippen molar-refractivity contribution in [2.75, 3.05) is 38.5 Å². The van der Waals surface area contributed by atoms with E-state index in [2.05, 4.69) is 31.8 Å². The van der Waals surface area contributed by atoms with E-state index < -0.39 is 0 Å². The molecule has 2 aliphatic heterocycles. The van der Waals surface area contributed by atoms with Gasteiger partial charge in [0.25, 0.3) is 0 Å². The minimum Gasteiger partial charge on any atom is -0.396 e. The van der Waals surface area contributed by atoms with E-state index in [9.17, 15) is 4.79 Å². The van der Waals surface area contributed by atoms with Crippen LogP contribution in [0, 0.1) is 11.8 Å². The third kappa shape index (κ3) is 6.32. The van der Waals surface area contributed by atoms with Gasteiger partial charge in [-0.2, -0.15) is 0 Å². The standard InChI is InChI=1S/C26H36N6O2/c1-2-17-34-30-25(23-5-3-4-11-28-23)21-9-15-32(16-10-21)26(33)22-7-13-31(14-8-22)19-20-6-12-29-24(27)18-20/h3-6,11-12,18,21-22H,2,7-10,13-17,19H2,1H3,(H2,27,29)/b30-25-. The monoisotopic (exact) mass is 464 g/mol. The second-order valence-electron chi connectivity index (χ2n) is 9.26. The smallest absolute Gasteiger partial charge is 0.225 e. The van der Waals surface area contributed by atoms with Crippen LogP contribution in [-0.4, -0.2) is 64.2 Å². The first-order chi connectivity index (χ1) is 16.6. The number of carbonyl (C=O) groups excluding carboxylic acids is 1. The van der Waals surface area contributed by atoms with Gasteiger partial charge in [-0.25, -0.2) is 4.98 Å². The first-order valence-electron chi connectivity index (χ1n) is 12.5. The fourth-order valence-corrected chi connectivity index (χ4v) is 4.87. The third-order valence-electron chi connectivity index (χ3n) is 6.77. The molecule has 0 aliphatic carbocycles. The predicted molar refractivity (Wildman–Crippen MR) is 133 cm³/mol. The van der Waals surface area contributed by atoms with Crippen LogP contribution in [0.4, 0.5) is 5.82 Å². The summed E-state index contributed by atoms with van der Waals surface area (Å²) in [4.78, 5) is 31.8. The van der Waals surface area contributed by atoms with Gasteiger partial charge in [0.2, 0.25) is 5.91 Å². The van der Waals surface area contributed by atoms with Crippen LogP contribution in [-0.2, 0) is 16.2 Å². The van der Waals surface area contributed by atoms with Gasteiger partial charge in [0, 0.05) is 43.9 Å². The average Bonchev–Trinajstić information content (AvgIpc) is 2.87. The molecule has 0 spiro atoms. The summed E-state index contributed by atoms with van der Waals surface area (Å²) >= 11 is 0. The Labute approximate surface area is 202 Å².